The van der Waals surface area contributed by atoms with Crippen LogP contribution in [0.4, 0.5) is 10.5 Å². The van der Waals surface area contributed by atoms with Gasteiger partial charge < -0.3 is 51.0 Å². The molecule has 0 saturated carbocycles. The van der Waals surface area contributed by atoms with E-state index < -0.39 is 18.2 Å². The third-order valence-electron chi connectivity index (χ3n) is 5.52. The molecule has 0 radical (unpaired) electrons. The molecule has 3 N–H and O–H groups in total. The number of hydrogen-bond donors (Lipinski definition) is 3. The van der Waals surface area contributed by atoms with Crippen molar-refractivity contribution >= 4 is 41.1 Å². The molecule has 0 spiro atoms. The molecule has 0 fully saturated rings. The number of urea groups is 1. The Balaban J connectivity index is -0.00000560. The standard InChI is InChI=1S/C28H44N6O7.3Rb/c1-21(35)7-4-3-5-13-32-28(40)33-14-6-17-41-18-16-31-26(38)20-27(39)34-23-10-8-22(9-11-23)19-25(37)30-15-12-24(36)29-2;;;/h8-11H,3-7,12-20H2,1-2H3,(H6,29,30,31,32,33,34,36,37,38,39,40);;;/q;3*+1/p-3. The molecule has 0 aliphatic rings. The Kier molecular flexibility index (Phi) is 37.3. The molecule has 0 aliphatic carbocycles. The minimum Gasteiger partial charge on any atom is -0.651 e. The van der Waals surface area contributed by atoms with Gasteiger partial charge in [0.1, 0.15) is 5.78 Å². The molecule has 1 aromatic carbocycles. The fourth-order valence-corrected chi connectivity index (χ4v) is 3.36. The molecular formula is C28H41N6O7Rb3. The molecule has 0 aliphatic heterocycles. The van der Waals surface area contributed by atoms with Crippen LogP contribution in [-0.4, -0.2) is 81.9 Å². The number of amides is 6. The number of benzene rings is 1. The van der Waals surface area contributed by atoms with Crippen molar-refractivity contribution in [3.8, 4) is 0 Å². The van der Waals surface area contributed by atoms with Crippen LogP contribution in [0.15, 0.2) is 24.3 Å². The smallest absolute Gasteiger partial charge is 0.651 e. The first kappa shape index (κ1) is 49.8. The van der Waals surface area contributed by atoms with Gasteiger partial charge in [0.15, 0.2) is 6.03 Å². The molecule has 228 valence electrons. The van der Waals surface area contributed by atoms with Gasteiger partial charge in [0.05, 0.1) is 18.2 Å². The van der Waals surface area contributed by atoms with Crippen LogP contribution in [0.25, 0.3) is 16.0 Å². The monoisotopic (exact) mass is 828 g/mol. The van der Waals surface area contributed by atoms with Crippen molar-refractivity contribution in [2.75, 3.05) is 46.4 Å². The Morgan fingerprint density at radius 1 is 0.727 bits per heavy atom. The number of ether oxygens (including phenoxy) is 1. The van der Waals surface area contributed by atoms with Gasteiger partial charge in [-0.15, -0.1) is 12.2 Å². The summed E-state index contributed by atoms with van der Waals surface area (Å²) in [7, 11) is 1.53. The first-order valence-electron chi connectivity index (χ1n) is 13.7. The number of unbranched alkanes of at least 4 members (excludes halogenated alkanes) is 2. The van der Waals surface area contributed by atoms with Gasteiger partial charge in [0.25, 0.3) is 0 Å². The summed E-state index contributed by atoms with van der Waals surface area (Å²) in [5, 5.41) is 19.4. The molecule has 1 rings (SSSR count). The summed E-state index contributed by atoms with van der Waals surface area (Å²) in [6.45, 7) is 3.31. The van der Waals surface area contributed by atoms with Crippen molar-refractivity contribution in [3.63, 3.8) is 0 Å². The van der Waals surface area contributed by atoms with Crippen LogP contribution in [0, 0.1) is 0 Å². The molecular weight excluding hydrogens is 789 g/mol. The average molecular weight is 830 g/mol. The van der Waals surface area contributed by atoms with Gasteiger partial charge in [-0.1, -0.05) is 43.7 Å². The van der Waals surface area contributed by atoms with Crippen LogP contribution in [0.5, 0.6) is 0 Å². The maximum Gasteiger partial charge on any atom is 1.00 e. The number of carbonyl (C=O) groups excluding carboxylic acids is 6. The first-order chi connectivity index (χ1) is 19.7. The van der Waals surface area contributed by atoms with Gasteiger partial charge in [-0.3, -0.25) is 14.4 Å². The SMILES string of the molecule is CNC(=O)CCNC(=O)Cc1ccc([N-]C(=O)CC(=O)[N-]CCOCCC[N-]C(=O)NCCCCCC(C)=O)cc1.[Rb+].[Rb+].[Rb+]. The van der Waals surface area contributed by atoms with Crippen LogP contribution >= 0.6 is 0 Å². The Labute approximate surface area is 407 Å². The van der Waals surface area contributed by atoms with Crippen LogP contribution in [-0.2, 0) is 35.1 Å². The summed E-state index contributed by atoms with van der Waals surface area (Å²) in [5.74, 6) is -1.44. The van der Waals surface area contributed by atoms with Gasteiger partial charge in [-0.25, -0.2) is 0 Å². The quantitative estimate of drug-likeness (QED) is 0.0813. The van der Waals surface area contributed by atoms with E-state index in [0.29, 0.717) is 43.8 Å². The summed E-state index contributed by atoms with van der Waals surface area (Å²) in [6.07, 6.45) is 3.48. The molecule has 44 heavy (non-hydrogen) atoms. The van der Waals surface area contributed by atoms with E-state index in [0.717, 1.165) is 19.3 Å². The molecule has 0 atom stereocenters. The second-order valence-corrected chi connectivity index (χ2v) is 9.17. The maximum atomic E-state index is 12.1. The number of hydrogen-bond acceptors (Lipinski definition) is 7. The molecule has 0 saturated heterocycles. The van der Waals surface area contributed by atoms with Gasteiger partial charge in [0, 0.05) is 46.1 Å². The van der Waals surface area contributed by atoms with Gasteiger partial charge in [-0.05, 0) is 31.9 Å². The zero-order valence-corrected chi connectivity index (χ0v) is 41.7. The number of rotatable bonds is 21. The van der Waals surface area contributed by atoms with E-state index in [9.17, 15) is 28.8 Å². The summed E-state index contributed by atoms with van der Waals surface area (Å²) in [5.41, 5.74) is 1.07. The van der Waals surface area contributed by atoms with Crippen molar-refractivity contribution in [1.29, 1.82) is 0 Å². The van der Waals surface area contributed by atoms with E-state index in [-0.39, 0.29) is 231 Å². The first-order valence-corrected chi connectivity index (χ1v) is 13.7. The zero-order valence-electron chi connectivity index (χ0n) is 26.9. The van der Waals surface area contributed by atoms with Crippen molar-refractivity contribution in [2.24, 2.45) is 0 Å². The Bertz CT molecular complexity index is 1000. The normalized spacial score (nSPS) is 9.59. The largest absolute Gasteiger partial charge is 1.00 e. The van der Waals surface area contributed by atoms with Gasteiger partial charge >= 0.3 is 175 Å². The number of nitrogens with one attached hydrogen (secondary N) is 3. The van der Waals surface area contributed by atoms with E-state index >= 15 is 0 Å². The summed E-state index contributed by atoms with van der Waals surface area (Å²) < 4.78 is 5.37. The van der Waals surface area contributed by atoms with Crippen LogP contribution in [0.1, 0.15) is 57.4 Å². The number of Topliss-reactive ketones (excluding diaryl/α,β-unsaturated/α-hetero) is 1. The van der Waals surface area contributed by atoms with Crippen molar-refractivity contribution < 1.29 is 208 Å². The molecule has 0 heterocycles. The fourth-order valence-electron chi connectivity index (χ4n) is 3.36. The Morgan fingerprint density at radius 2 is 1.43 bits per heavy atom. The number of ketones is 1. The van der Waals surface area contributed by atoms with Gasteiger partial charge in [0.2, 0.25) is 11.8 Å². The van der Waals surface area contributed by atoms with Crippen LogP contribution < -0.4 is 191 Å². The topological polar surface area (TPSA) is 190 Å². The molecule has 0 aromatic heterocycles. The second kappa shape index (κ2) is 32.9. The van der Waals surface area contributed by atoms with E-state index in [4.69, 9.17) is 4.74 Å². The minimum atomic E-state index is -0.629. The van der Waals surface area contributed by atoms with Crippen molar-refractivity contribution in [1.82, 2.24) is 16.0 Å². The second-order valence-electron chi connectivity index (χ2n) is 9.17. The zero-order chi connectivity index (χ0) is 30.3. The van der Waals surface area contributed by atoms with Crippen molar-refractivity contribution in [2.45, 2.75) is 58.3 Å². The third kappa shape index (κ3) is 29.5. The average Bonchev–Trinajstić information content (AvgIpc) is 2.92. The van der Waals surface area contributed by atoms with E-state index in [1.807, 2.05) is 0 Å². The predicted molar refractivity (Wildman–Crippen MR) is 154 cm³/mol. The predicted octanol–water partition coefficient (Wildman–Crippen LogP) is -6.05. The number of nitrogens with zero attached hydrogens (tertiary/aromatic N) is 3. The summed E-state index contributed by atoms with van der Waals surface area (Å²) in [6, 6.07) is 6.11. The van der Waals surface area contributed by atoms with Crippen LogP contribution in [0.3, 0.4) is 0 Å². The summed E-state index contributed by atoms with van der Waals surface area (Å²) in [4.78, 5) is 69.5. The molecule has 13 nitrogen and oxygen atoms in total. The molecule has 0 unspecified atom stereocenters. The molecule has 1 aromatic rings. The maximum absolute atomic E-state index is 12.1. The molecule has 16 heteroatoms. The van der Waals surface area contributed by atoms with Crippen molar-refractivity contribution in [3.05, 3.63) is 45.8 Å². The van der Waals surface area contributed by atoms with Gasteiger partial charge in [-0.2, -0.15) is 0 Å². The van der Waals surface area contributed by atoms with Crippen LogP contribution in [0.2, 0.25) is 0 Å². The van der Waals surface area contributed by atoms with E-state index in [2.05, 4.69) is 31.9 Å². The third-order valence-corrected chi connectivity index (χ3v) is 5.52. The summed E-state index contributed by atoms with van der Waals surface area (Å²) >= 11 is 0. The Hall–Kier alpha value is 1.42. The number of carbonyl (C=O) groups is 6. The van der Waals surface area contributed by atoms with E-state index in [1.165, 1.54) is 7.05 Å². The molecule has 6 amide bonds. The fraction of sp³-hybridized carbons (Fsp3) is 0.571. The minimum absolute atomic E-state index is 0. The Morgan fingerprint density at radius 3 is 2.09 bits per heavy atom. The van der Waals surface area contributed by atoms with E-state index in [1.54, 1.807) is 31.2 Å². The molecule has 0 bridgehead atoms.